The number of rotatable bonds is 8. The fourth-order valence-electron chi connectivity index (χ4n) is 3.53. The number of ketones is 1. The average molecular weight is 487 g/mol. The summed E-state index contributed by atoms with van der Waals surface area (Å²) >= 11 is 3.46. The SMILES string of the molecule is CCCOc1ccc(/C(O)=C2\C(=O)C(=O)N(CCN(C)C)[C@H]2c2cccc(Br)c2)cc1. The molecule has 1 saturated heterocycles. The molecule has 1 aliphatic heterocycles. The number of nitrogens with zero attached hydrogens (tertiary/aromatic N) is 2. The summed E-state index contributed by atoms with van der Waals surface area (Å²) in [5.41, 5.74) is 1.33. The van der Waals surface area contributed by atoms with E-state index in [4.69, 9.17) is 4.74 Å². The van der Waals surface area contributed by atoms with Gasteiger partial charge in [-0.1, -0.05) is 35.0 Å². The monoisotopic (exact) mass is 486 g/mol. The lowest BCUT2D eigenvalue weighted by Crippen LogP contribution is -2.35. The Labute approximate surface area is 191 Å². The Hall–Kier alpha value is -2.64. The molecule has 1 N–H and O–H groups in total. The Bertz CT molecular complexity index is 985. The van der Waals surface area contributed by atoms with Gasteiger partial charge in [-0.2, -0.15) is 0 Å². The zero-order chi connectivity index (χ0) is 22.5. The molecule has 3 rings (SSSR count). The lowest BCUT2D eigenvalue weighted by Gasteiger charge is -2.26. The summed E-state index contributed by atoms with van der Waals surface area (Å²) in [4.78, 5) is 29.4. The fraction of sp³-hybridized carbons (Fsp3) is 0.333. The van der Waals surface area contributed by atoms with Gasteiger partial charge in [0, 0.05) is 23.1 Å². The van der Waals surface area contributed by atoms with Crippen molar-refractivity contribution in [3.8, 4) is 5.75 Å². The van der Waals surface area contributed by atoms with E-state index in [0.717, 1.165) is 16.5 Å². The highest BCUT2D eigenvalue weighted by Gasteiger charge is 2.45. The molecule has 0 aromatic heterocycles. The van der Waals surface area contributed by atoms with Gasteiger partial charge in [-0.25, -0.2) is 0 Å². The zero-order valence-electron chi connectivity index (χ0n) is 18.0. The van der Waals surface area contributed by atoms with Gasteiger partial charge in [0.15, 0.2) is 0 Å². The molecule has 31 heavy (non-hydrogen) atoms. The summed E-state index contributed by atoms with van der Waals surface area (Å²) < 4.78 is 6.43. The van der Waals surface area contributed by atoms with Crippen LogP contribution in [-0.4, -0.2) is 60.4 Å². The predicted octanol–water partition coefficient (Wildman–Crippen LogP) is 4.22. The summed E-state index contributed by atoms with van der Waals surface area (Å²) in [7, 11) is 3.82. The Balaban J connectivity index is 2.06. The third-order valence-corrected chi connectivity index (χ3v) is 5.59. The largest absolute Gasteiger partial charge is 0.507 e. The van der Waals surface area contributed by atoms with Crippen molar-refractivity contribution >= 4 is 33.4 Å². The smallest absolute Gasteiger partial charge is 0.295 e. The van der Waals surface area contributed by atoms with Crippen LogP contribution in [0.5, 0.6) is 5.75 Å². The minimum atomic E-state index is -0.674. The molecule has 1 amide bonds. The number of hydrogen-bond acceptors (Lipinski definition) is 5. The number of hydrogen-bond donors (Lipinski definition) is 1. The third-order valence-electron chi connectivity index (χ3n) is 5.09. The number of benzene rings is 2. The van der Waals surface area contributed by atoms with E-state index in [2.05, 4.69) is 15.9 Å². The average Bonchev–Trinajstić information content (AvgIpc) is 3.01. The van der Waals surface area contributed by atoms with Crippen molar-refractivity contribution in [2.75, 3.05) is 33.8 Å². The van der Waals surface area contributed by atoms with Crippen molar-refractivity contribution in [1.82, 2.24) is 9.80 Å². The standard InChI is InChI=1S/C24H27BrN2O4/c1-4-14-31-19-10-8-16(9-11-19)22(28)20-21(17-6-5-7-18(25)15-17)27(13-12-26(2)3)24(30)23(20)29/h5-11,15,21,28H,4,12-14H2,1-3H3/b22-20+/t21-/m0/s1. The van der Waals surface area contributed by atoms with E-state index in [9.17, 15) is 14.7 Å². The van der Waals surface area contributed by atoms with Crippen molar-refractivity contribution in [2.45, 2.75) is 19.4 Å². The van der Waals surface area contributed by atoms with Gasteiger partial charge in [0.25, 0.3) is 11.7 Å². The highest BCUT2D eigenvalue weighted by Crippen LogP contribution is 2.40. The van der Waals surface area contributed by atoms with Crippen LogP contribution in [0.2, 0.25) is 0 Å². The number of aliphatic hydroxyl groups excluding tert-OH is 1. The molecule has 0 spiro atoms. The zero-order valence-corrected chi connectivity index (χ0v) is 19.6. The van der Waals surface area contributed by atoms with E-state index in [0.29, 0.717) is 31.0 Å². The lowest BCUT2D eigenvalue weighted by molar-refractivity contribution is -0.140. The Morgan fingerprint density at radius 1 is 1.16 bits per heavy atom. The number of likely N-dealkylation sites (N-methyl/N-ethyl adjacent to an activating group) is 1. The normalized spacial score (nSPS) is 18.1. The number of halogens is 1. The lowest BCUT2D eigenvalue weighted by atomic mass is 9.95. The minimum absolute atomic E-state index is 0.101. The van der Waals surface area contributed by atoms with Gasteiger partial charge in [0.2, 0.25) is 0 Å². The molecular formula is C24H27BrN2O4. The number of aliphatic hydroxyl groups is 1. The van der Waals surface area contributed by atoms with Crippen molar-refractivity contribution in [3.05, 3.63) is 69.7 Å². The molecule has 2 aromatic rings. The van der Waals surface area contributed by atoms with Crippen LogP contribution in [0.3, 0.4) is 0 Å². The van der Waals surface area contributed by atoms with E-state index in [1.54, 1.807) is 24.3 Å². The van der Waals surface area contributed by atoms with Crippen LogP contribution < -0.4 is 4.74 Å². The first kappa shape index (κ1) is 23.0. The quantitative estimate of drug-likeness (QED) is 0.343. The highest BCUT2D eigenvalue weighted by molar-refractivity contribution is 9.10. The van der Waals surface area contributed by atoms with Crippen LogP contribution in [-0.2, 0) is 9.59 Å². The van der Waals surface area contributed by atoms with Gasteiger partial charge in [0.1, 0.15) is 11.5 Å². The summed E-state index contributed by atoms with van der Waals surface area (Å²) in [5, 5.41) is 11.1. The third kappa shape index (κ3) is 5.17. The van der Waals surface area contributed by atoms with Crippen LogP contribution >= 0.6 is 15.9 Å². The first-order chi connectivity index (χ1) is 14.8. The molecule has 0 radical (unpaired) electrons. The number of amides is 1. The first-order valence-electron chi connectivity index (χ1n) is 10.2. The van der Waals surface area contributed by atoms with E-state index in [1.165, 1.54) is 4.90 Å². The van der Waals surface area contributed by atoms with Crippen LogP contribution in [0.25, 0.3) is 5.76 Å². The van der Waals surface area contributed by atoms with E-state index in [1.807, 2.05) is 50.2 Å². The van der Waals surface area contributed by atoms with Gasteiger partial charge < -0.3 is 19.6 Å². The maximum atomic E-state index is 13.0. The van der Waals surface area contributed by atoms with Gasteiger partial charge in [-0.05, 0) is 62.5 Å². The number of Topliss-reactive ketones (excluding diaryl/α,β-unsaturated/α-hetero) is 1. The maximum absolute atomic E-state index is 13.0. The van der Waals surface area contributed by atoms with E-state index >= 15 is 0 Å². The molecule has 7 heteroatoms. The van der Waals surface area contributed by atoms with E-state index < -0.39 is 17.7 Å². The molecule has 1 aliphatic rings. The Morgan fingerprint density at radius 2 is 1.87 bits per heavy atom. The summed E-state index contributed by atoms with van der Waals surface area (Å²) in [6, 6.07) is 13.7. The second-order valence-corrected chi connectivity index (χ2v) is 8.64. The minimum Gasteiger partial charge on any atom is -0.507 e. The van der Waals surface area contributed by atoms with Crippen molar-refractivity contribution in [2.24, 2.45) is 0 Å². The molecule has 0 saturated carbocycles. The van der Waals surface area contributed by atoms with Crippen molar-refractivity contribution in [1.29, 1.82) is 0 Å². The molecule has 1 atom stereocenters. The number of carbonyl (C=O) groups is 2. The number of carbonyl (C=O) groups excluding carboxylic acids is 2. The van der Waals surface area contributed by atoms with Gasteiger partial charge in [0.05, 0.1) is 18.2 Å². The Morgan fingerprint density at radius 3 is 2.48 bits per heavy atom. The molecular weight excluding hydrogens is 460 g/mol. The first-order valence-corrected chi connectivity index (χ1v) is 11.0. The molecule has 164 valence electrons. The summed E-state index contributed by atoms with van der Waals surface area (Å²) in [5.74, 6) is -0.769. The van der Waals surface area contributed by atoms with Crippen LogP contribution in [0.15, 0.2) is 58.6 Å². The number of likely N-dealkylation sites (tertiary alicyclic amines) is 1. The van der Waals surface area contributed by atoms with Crippen LogP contribution in [0, 0.1) is 0 Å². The molecule has 0 bridgehead atoms. The molecule has 2 aromatic carbocycles. The molecule has 0 aliphatic carbocycles. The molecule has 1 fully saturated rings. The highest BCUT2D eigenvalue weighted by atomic mass is 79.9. The Kier molecular flexibility index (Phi) is 7.51. The summed E-state index contributed by atoms with van der Waals surface area (Å²) in [6.07, 6.45) is 0.894. The second-order valence-electron chi connectivity index (χ2n) is 7.72. The predicted molar refractivity (Wildman–Crippen MR) is 124 cm³/mol. The summed E-state index contributed by atoms with van der Waals surface area (Å²) in [6.45, 7) is 3.60. The van der Waals surface area contributed by atoms with Gasteiger partial charge >= 0.3 is 0 Å². The number of ether oxygens (including phenoxy) is 1. The molecule has 6 nitrogen and oxygen atoms in total. The van der Waals surface area contributed by atoms with Crippen molar-refractivity contribution in [3.63, 3.8) is 0 Å². The topological polar surface area (TPSA) is 70.1 Å². The van der Waals surface area contributed by atoms with Crippen molar-refractivity contribution < 1.29 is 19.4 Å². The maximum Gasteiger partial charge on any atom is 0.295 e. The fourth-order valence-corrected chi connectivity index (χ4v) is 3.94. The van der Waals surface area contributed by atoms with Gasteiger partial charge in [-0.15, -0.1) is 0 Å². The van der Waals surface area contributed by atoms with Crippen LogP contribution in [0.4, 0.5) is 0 Å². The van der Waals surface area contributed by atoms with Crippen LogP contribution in [0.1, 0.15) is 30.5 Å². The van der Waals surface area contributed by atoms with E-state index in [-0.39, 0.29) is 11.3 Å². The second kappa shape index (κ2) is 10.1. The molecule has 1 heterocycles. The molecule has 0 unspecified atom stereocenters. The van der Waals surface area contributed by atoms with Gasteiger partial charge in [-0.3, -0.25) is 9.59 Å².